The van der Waals surface area contributed by atoms with Crippen LogP contribution in [0.1, 0.15) is 11.1 Å². The molecule has 0 saturated heterocycles. The molecule has 0 spiro atoms. The first-order valence-corrected chi connectivity index (χ1v) is 6.64. The molecule has 1 heterocycles. The minimum Gasteiger partial charge on any atom is -0.247 e. The van der Waals surface area contributed by atoms with Gasteiger partial charge in [-0.3, -0.25) is 0 Å². The fraction of sp³-hybridized carbons (Fsp3) is 0.125. The number of halogens is 3. The Bertz CT molecular complexity index is 746. The monoisotopic (exact) mass is 303 g/mol. The van der Waals surface area contributed by atoms with Crippen molar-refractivity contribution in [3.63, 3.8) is 0 Å². The standard InChI is InChI=1S/C16H12F3N3/c17-16(18,19)14-8-6-12(7-9-14)10-22-11-15(20-21-22)13-4-2-1-3-5-13/h1-9,11H,10H2. The van der Waals surface area contributed by atoms with Crippen LogP contribution in [0, 0.1) is 0 Å². The van der Waals surface area contributed by atoms with Crippen molar-refractivity contribution in [3.05, 3.63) is 71.9 Å². The highest BCUT2D eigenvalue weighted by atomic mass is 19.4. The first-order chi connectivity index (χ1) is 10.5. The van der Waals surface area contributed by atoms with E-state index in [-0.39, 0.29) is 0 Å². The molecule has 0 saturated carbocycles. The van der Waals surface area contributed by atoms with E-state index in [4.69, 9.17) is 0 Å². The van der Waals surface area contributed by atoms with Crippen molar-refractivity contribution in [2.75, 3.05) is 0 Å². The maximum Gasteiger partial charge on any atom is 0.416 e. The predicted molar refractivity (Wildman–Crippen MR) is 76.0 cm³/mol. The van der Waals surface area contributed by atoms with Gasteiger partial charge in [-0.1, -0.05) is 47.7 Å². The molecule has 0 aliphatic heterocycles. The molecule has 3 nitrogen and oxygen atoms in total. The third kappa shape index (κ3) is 3.16. The topological polar surface area (TPSA) is 30.7 Å². The molecule has 3 rings (SSSR count). The Labute approximate surface area is 125 Å². The SMILES string of the molecule is FC(F)(F)c1ccc(Cn2cc(-c3ccccc3)nn2)cc1. The molecule has 1 aromatic heterocycles. The second-order valence-electron chi connectivity index (χ2n) is 4.86. The maximum absolute atomic E-state index is 12.5. The third-order valence-corrected chi connectivity index (χ3v) is 3.23. The van der Waals surface area contributed by atoms with E-state index in [1.165, 1.54) is 12.1 Å². The highest BCUT2D eigenvalue weighted by Crippen LogP contribution is 2.29. The van der Waals surface area contributed by atoms with Crippen LogP contribution in [0.25, 0.3) is 11.3 Å². The molecule has 22 heavy (non-hydrogen) atoms. The zero-order valence-corrected chi connectivity index (χ0v) is 11.5. The van der Waals surface area contributed by atoms with Crippen LogP contribution in [-0.4, -0.2) is 15.0 Å². The van der Waals surface area contributed by atoms with Crippen molar-refractivity contribution in [3.8, 4) is 11.3 Å². The molecule has 112 valence electrons. The van der Waals surface area contributed by atoms with Crippen molar-refractivity contribution < 1.29 is 13.2 Å². The summed E-state index contributed by atoms with van der Waals surface area (Å²) in [7, 11) is 0. The van der Waals surface area contributed by atoms with Gasteiger partial charge in [0.05, 0.1) is 18.3 Å². The Morgan fingerprint density at radius 2 is 1.59 bits per heavy atom. The van der Waals surface area contributed by atoms with E-state index < -0.39 is 11.7 Å². The lowest BCUT2D eigenvalue weighted by Crippen LogP contribution is -2.05. The van der Waals surface area contributed by atoms with Crippen LogP contribution in [0.3, 0.4) is 0 Å². The number of rotatable bonds is 3. The summed E-state index contributed by atoms with van der Waals surface area (Å²) in [6.45, 7) is 0.373. The molecule has 0 aliphatic carbocycles. The van der Waals surface area contributed by atoms with Crippen molar-refractivity contribution >= 4 is 0 Å². The van der Waals surface area contributed by atoms with Gasteiger partial charge in [-0.2, -0.15) is 13.2 Å². The van der Waals surface area contributed by atoms with Crippen molar-refractivity contribution in [2.24, 2.45) is 0 Å². The lowest BCUT2D eigenvalue weighted by atomic mass is 10.1. The normalized spacial score (nSPS) is 11.6. The summed E-state index contributed by atoms with van der Waals surface area (Å²) in [4.78, 5) is 0. The average Bonchev–Trinajstić information content (AvgIpc) is 2.96. The Kier molecular flexibility index (Phi) is 3.66. The van der Waals surface area contributed by atoms with Crippen molar-refractivity contribution in [1.82, 2.24) is 15.0 Å². The minimum atomic E-state index is -4.31. The van der Waals surface area contributed by atoms with Gasteiger partial charge in [-0.25, -0.2) is 4.68 Å². The summed E-state index contributed by atoms with van der Waals surface area (Å²) in [6.07, 6.45) is -2.54. The summed E-state index contributed by atoms with van der Waals surface area (Å²) in [5.74, 6) is 0. The molecule has 0 aliphatic rings. The highest BCUT2D eigenvalue weighted by Gasteiger charge is 2.29. The van der Waals surface area contributed by atoms with Gasteiger partial charge < -0.3 is 0 Å². The summed E-state index contributed by atoms with van der Waals surface area (Å²) >= 11 is 0. The molecular formula is C16H12F3N3. The largest absolute Gasteiger partial charge is 0.416 e. The molecule has 0 N–H and O–H groups in total. The minimum absolute atomic E-state index is 0.373. The number of hydrogen-bond acceptors (Lipinski definition) is 2. The van der Waals surface area contributed by atoms with Crippen LogP contribution in [0.5, 0.6) is 0 Å². The van der Waals surface area contributed by atoms with Crippen LogP contribution in [0.2, 0.25) is 0 Å². The second-order valence-corrected chi connectivity index (χ2v) is 4.86. The van der Waals surface area contributed by atoms with E-state index in [1.54, 1.807) is 10.9 Å². The summed E-state index contributed by atoms with van der Waals surface area (Å²) < 4.78 is 39.1. The van der Waals surface area contributed by atoms with Crippen LogP contribution in [0.15, 0.2) is 60.8 Å². The summed E-state index contributed by atoms with van der Waals surface area (Å²) in [6, 6.07) is 14.6. The zero-order chi connectivity index (χ0) is 15.6. The molecular weight excluding hydrogens is 291 g/mol. The average molecular weight is 303 g/mol. The van der Waals surface area contributed by atoms with Crippen LogP contribution in [0.4, 0.5) is 13.2 Å². The number of aromatic nitrogens is 3. The lowest BCUT2D eigenvalue weighted by molar-refractivity contribution is -0.137. The van der Waals surface area contributed by atoms with E-state index in [2.05, 4.69) is 10.3 Å². The maximum atomic E-state index is 12.5. The Morgan fingerprint density at radius 3 is 2.23 bits per heavy atom. The highest BCUT2D eigenvalue weighted by molar-refractivity contribution is 5.57. The van der Waals surface area contributed by atoms with Gasteiger partial charge in [0.25, 0.3) is 0 Å². The second kappa shape index (κ2) is 5.63. The van der Waals surface area contributed by atoms with Crippen LogP contribution in [-0.2, 0) is 12.7 Å². The van der Waals surface area contributed by atoms with Gasteiger partial charge in [-0.05, 0) is 17.7 Å². The Morgan fingerprint density at radius 1 is 0.909 bits per heavy atom. The summed E-state index contributed by atoms with van der Waals surface area (Å²) in [5, 5.41) is 8.08. The predicted octanol–water partition coefficient (Wildman–Crippen LogP) is 4.01. The van der Waals surface area contributed by atoms with Gasteiger partial charge >= 0.3 is 6.18 Å². The van der Waals surface area contributed by atoms with Crippen molar-refractivity contribution in [1.29, 1.82) is 0 Å². The van der Waals surface area contributed by atoms with Gasteiger partial charge in [0.1, 0.15) is 5.69 Å². The van der Waals surface area contributed by atoms with Crippen molar-refractivity contribution in [2.45, 2.75) is 12.7 Å². The number of hydrogen-bond donors (Lipinski definition) is 0. The Balaban J connectivity index is 1.76. The fourth-order valence-electron chi connectivity index (χ4n) is 2.10. The third-order valence-electron chi connectivity index (χ3n) is 3.23. The first-order valence-electron chi connectivity index (χ1n) is 6.64. The molecule has 0 atom stereocenters. The van der Waals surface area contributed by atoms with Gasteiger partial charge in [0.15, 0.2) is 0 Å². The molecule has 0 amide bonds. The smallest absolute Gasteiger partial charge is 0.247 e. The molecule has 6 heteroatoms. The molecule has 0 fully saturated rings. The quantitative estimate of drug-likeness (QED) is 0.732. The first kappa shape index (κ1) is 14.3. The van der Waals surface area contributed by atoms with E-state index in [0.29, 0.717) is 6.54 Å². The summed E-state index contributed by atoms with van der Waals surface area (Å²) in [5.41, 5.74) is 1.76. The van der Waals surface area contributed by atoms with E-state index >= 15 is 0 Å². The molecule has 0 bridgehead atoms. The van der Waals surface area contributed by atoms with E-state index in [0.717, 1.165) is 29.0 Å². The molecule has 3 aromatic rings. The molecule has 0 radical (unpaired) electrons. The van der Waals surface area contributed by atoms with E-state index in [1.807, 2.05) is 30.3 Å². The van der Waals surface area contributed by atoms with Crippen LogP contribution >= 0.6 is 0 Å². The number of nitrogens with zero attached hydrogens (tertiary/aromatic N) is 3. The number of benzene rings is 2. The number of alkyl halides is 3. The van der Waals surface area contributed by atoms with E-state index in [9.17, 15) is 13.2 Å². The zero-order valence-electron chi connectivity index (χ0n) is 11.5. The van der Waals surface area contributed by atoms with Crippen LogP contribution < -0.4 is 0 Å². The lowest BCUT2D eigenvalue weighted by Gasteiger charge is -2.07. The fourth-order valence-corrected chi connectivity index (χ4v) is 2.10. The van der Waals surface area contributed by atoms with Gasteiger partial charge in [0.2, 0.25) is 0 Å². The van der Waals surface area contributed by atoms with Gasteiger partial charge in [-0.15, -0.1) is 5.10 Å². The molecule has 0 unspecified atom stereocenters. The Hall–Kier alpha value is -2.63. The van der Waals surface area contributed by atoms with Gasteiger partial charge in [0, 0.05) is 5.56 Å². The molecule has 2 aromatic carbocycles.